The summed E-state index contributed by atoms with van der Waals surface area (Å²) in [5, 5.41) is 1.77. The Kier molecular flexibility index (Phi) is 5.71. The molecule has 3 heterocycles. The smallest absolute Gasteiger partial charge is 0.263 e. The van der Waals surface area contributed by atoms with Crippen LogP contribution < -0.4 is 0 Å². The van der Waals surface area contributed by atoms with Crippen LogP contribution in [0.5, 0.6) is 0 Å². The summed E-state index contributed by atoms with van der Waals surface area (Å²) < 4.78 is 0. The van der Waals surface area contributed by atoms with Crippen LogP contribution in [0.3, 0.4) is 0 Å². The maximum atomic E-state index is 12.6. The van der Waals surface area contributed by atoms with E-state index in [4.69, 9.17) is 0 Å². The van der Waals surface area contributed by atoms with Crippen molar-refractivity contribution in [2.75, 3.05) is 26.7 Å². The third-order valence-electron chi connectivity index (χ3n) is 4.64. The first-order chi connectivity index (χ1) is 11.9. The topological polar surface area (TPSA) is 40.6 Å². The van der Waals surface area contributed by atoms with Crippen LogP contribution in [0.15, 0.2) is 23.6 Å². The monoisotopic (exact) mass is 376 g/mol. The zero-order chi connectivity index (χ0) is 18.0. The van der Waals surface area contributed by atoms with Crippen LogP contribution in [-0.4, -0.2) is 48.2 Å². The van der Waals surface area contributed by atoms with E-state index in [9.17, 15) is 9.59 Å². The fraction of sp³-hybridized carbons (Fsp3) is 0.474. The van der Waals surface area contributed by atoms with Crippen molar-refractivity contribution in [3.63, 3.8) is 0 Å². The van der Waals surface area contributed by atoms with Gasteiger partial charge in [0.1, 0.15) is 0 Å². The molecule has 2 aromatic heterocycles. The zero-order valence-electron chi connectivity index (χ0n) is 14.9. The highest BCUT2D eigenvalue weighted by Gasteiger charge is 2.26. The second kappa shape index (κ2) is 7.81. The van der Waals surface area contributed by atoms with E-state index in [-0.39, 0.29) is 11.7 Å². The molecule has 1 amide bonds. The van der Waals surface area contributed by atoms with Crippen molar-refractivity contribution in [1.82, 2.24) is 9.80 Å². The maximum Gasteiger partial charge on any atom is 0.263 e. The van der Waals surface area contributed by atoms with Crippen molar-refractivity contribution in [3.8, 4) is 0 Å². The highest BCUT2D eigenvalue weighted by atomic mass is 32.1. The second-order valence-electron chi connectivity index (χ2n) is 6.84. The largest absolute Gasteiger partial charge is 0.341 e. The molecule has 134 valence electrons. The Balaban J connectivity index is 1.51. The molecular formula is C19H24N2O2S2. The van der Waals surface area contributed by atoms with Gasteiger partial charge in [0.2, 0.25) is 0 Å². The lowest BCUT2D eigenvalue weighted by molar-refractivity contribution is 0.0778. The Morgan fingerprint density at radius 2 is 2.16 bits per heavy atom. The molecule has 0 spiro atoms. The normalized spacial score (nSPS) is 17.8. The average Bonchev–Trinajstić information content (AvgIpc) is 3.28. The molecule has 25 heavy (non-hydrogen) atoms. The molecule has 2 aromatic rings. The highest BCUT2D eigenvalue weighted by Crippen LogP contribution is 2.24. The number of rotatable bonds is 6. The molecule has 1 aliphatic heterocycles. The molecule has 0 unspecified atom stereocenters. The standard InChI is InChI=1S/C19H24N2O2S2/c1-13-4-5-17(25-13)11-21-7-6-15(10-21)9-20(3)19(23)18-8-16(12-24-18)14(2)22/h4-5,8,12,15H,6-7,9-11H2,1-3H3/t15-/m1/s1. The molecular weight excluding hydrogens is 352 g/mol. The lowest BCUT2D eigenvalue weighted by Crippen LogP contribution is -2.32. The van der Waals surface area contributed by atoms with E-state index in [1.807, 2.05) is 18.4 Å². The second-order valence-corrected chi connectivity index (χ2v) is 9.13. The van der Waals surface area contributed by atoms with E-state index in [2.05, 4.69) is 24.0 Å². The van der Waals surface area contributed by atoms with E-state index >= 15 is 0 Å². The van der Waals surface area contributed by atoms with Gasteiger partial charge in [-0.05, 0) is 50.9 Å². The van der Waals surface area contributed by atoms with Crippen molar-refractivity contribution in [3.05, 3.63) is 43.8 Å². The molecule has 0 aliphatic carbocycles. The van der Waals surface area contributed by atoms with Crippen LogP contribution >= 0.6 is 22.7 Å². The molecule has 0 saturated carbocycles. The number of nitrogens with zero attached hydrogens (tertiary/aromatic N) is 2. The lowest BCUT2D eigenvalue weighted by Gasteiger charge is -2.21. The van der Waals surface area contributed by atoms with Crippen LogP contribution in [0, 0.1) is 12.8 Å². The Bertz CT molecular complexity index is 765. The lowest BCUT2D eigenvalue weighted by atomic mass is 10.1. The first-order valence-corrected chi connectivity index (χ1v) is 10.2. The summed E-state index contributed by atoms with van der Waals surface area (Å²) >= 11 is 3.22. The summed E-state index contributed by atoms with van der Waals surface area (Å²) in [6.07, 6.45) is 1.13. The molecule has 1 fully saturated rings. The fourth-order valence-corrected chi connectivity index (χ4v) is 5.16. The minimum atomic E-state index is 0.00759. The molecule has 3 rings (SSSR count). The van der Waals surface area contributed by atoms with Gasteiger partial charge in [0.25, 0.3) is 5.91 Å². The predicted octanol–water partition coefficient (Wildman–Crippen LogP) is 3.91. The highest BCUT2D eigenvalue weighted by molar-refractivity contribution is 7.12. The number of carbonyl (C=O) groups is 2. The minimum absolute atomic E-state index is 0.00759. The Morgan fingerprint density at radius 3 is 2.80 bits per heavy atom. The van der Waals surface area contributed by atoms with Crippen molar-refractivity contribution >= 4 is 34.4 Å². The van der Waals surface area contributed by atoms with Gasteiger partial charge in [-0.1, -0.05) is 0 Å². The van der Waals surface area contributed by atoms with Gasteiger partial charge in [-0.25, -0.2) is 0 Å². The van der Waals surface area contributed by atoms with Gasteiger partial charge in [-0.3, -0.25) is 14.5 Å². The van der Waals surface area contributed by atoms with Gasteiger partial charge in [0, 0.05) is 47.4 Å². The van der Waals surface area contributed by atoms with Crippen molar-refractivity contribution in [1.29, 1.82) is 0 Å². The molecule has 6 heteroatoms. The number of amides is 1. The summed E-state index contributed by atoms with van der Waals surface area (Å²) in [5.74, 6) is 0.542. The molecule has 0 bridgehead atoms. The van der Waals surface area contributed by atoms with Gasteiger partial charge in [-0.2, -0.15) is 0 Å². The summed E-state index contributed by atoms with van der Waals surface area (Å²) in [7, 11) is 1.86. The van der Waals surface area contributed by atoms with Gasteiger partial charge < -0.3 is 4.90 Å². The summed E-state index contributed by atoms with van der Waals surface area (Å²) in [6.45, 7) is 7.59. The molecule has 0 aromatic carbocycles. The fourth-order valence-electron chi connectivity index (χ4n) is 3.29. The first kappa shape index (κ1) is 18.3. The van der Waals surface area contributed by atoms with Gasteiger partial charge in [0.05, 0.1) is 4.88 Å². The first-order valence-electron chi connectivity index (χ1n) is 8.55. The van der Waals surface area contributed by atoms with E-state index in [1.165, 1.54) is 28.0 Å². The molecule has 1 atom stereocenters. The van der Waals surface area contributed by atoms with Crippen molar-refractivity contribution < 1.29 is 9.59 Å². The van der Waals surface area contributed by atoms with Gasteiger partial charge >= 0.3 is 0 Å². The summed E-state index contributed by atoms with van der Waals surface area (Å²) in [5.41, 5.74) is 0.625. The Hall–Kier alpha value is -1.50. The van der Waals surface area contributed by atoms with Crippen LogP contribution in [0.2, 0.25) is 0 Å². The Morgan fingerprint density at radius 1 is 1.36 bits per heavy atom. The van der Waals surface area contributed by atoms with Crippen LogP contribution in [0.4, 0.5) is 0 Å². The number of likely N-dealkylation sites (tertiary alicyclic amines) is 1. The van der Waals surface area contributed by atoms with Gasteiger partial charge in [-0.15, -0.1) is 22.7 Å². The third-order valence-corrected chi connectivity index (χ3v) is 6.54. The number of thiophene rings is 2. The molecule has 1 saturated heterocycles. The molecule has 0 N–H and O–H groups in total. The molecule has 4 nitrogen and oxygen atoms in total. The van der Waals surface area contributed by atoms with E-state index in [0.717, 1.165) is 32.6 Å². The third kappa shape index (κ3) is 4.57. The van der Waals surface area contributed by atoms with Crippen molar-refractivity contribution in [2.45, 2.75) is 26.8 Å². The van der Waals surface area contributed by atoms with Crippen LogP contribution in [0.25, 0.3) is 0 Å². The zero-order valence-corrected chi connectivity index (χ0v) is 16.6. The van der Waals surface area contributed by atoms with Crippen molar-refractivity contribution in [2.24, 2.45) is 5.92 Å². The number of Topliss-reactive ketones (excluding diaryl/α,β-unsaturated/α-hetero) is 1. The van der Waals surface area contributed by atoms with Crippen LogP contribution in [-0.2, 0) is 6.54 Å². The number of carbonyl (C=O) groups excluding carboxylic acids is 2. The number of hydrogen-bond donors (Lipinski definition) is 0. The van der Waals surface area contributed by atoms with E-state index in [0.29, 0.717) is 16.4 Å². The number of ketones is 1. The quantitative estimate of drug-likeness (QED) is 0.718. The maximum absolute atomic E-state index is 12.6. The van der Waals surface area contributed by atoms with Crippen LogP contribution in [0.1, 0.15) is 43.1 Å². The molecule has 0 radical (unpaired) electrons. The average molecular weight is 377 g/mol. The Labute approximate surface area is 157 Å². The summed E-state index contributed by atoms with van der Waals surface area (Å²) in [6, 6.07) is 6.11. The minimum Gasteiger partial charge on any atom is -0.341 e. The van der Waals surface area contributed by atoms with E-state index < -0.39 is 0 Å². The predicted molar refractivity (Wildman–Crippen MR) is 104 cm³/mol. The summed E-state index contributed by atoms with van der Waals surface area (Å²) in [4.78, 5) is 31.7. The molecule has 1 aliphatic rings. The van der Waals surface area contributed by atoms with Gasteiger partial charge in [0.15, 0.2) is 5.78 Å². The SMILES string of the molecule is CC(=O)c1csc(C(=O)N(C)C[C@H]2CCN(Cc3ccc(C)s3)C2)c1. The van der Waals surface area contributed by atoms with E-state index in [1.54, 1.807) is 16.3 Å². The number of hydrogen-bond acceptors (Lipinski definition) is 5. The number of aryl methyl sites for hydroxylation is 1.